The number of pyridine rings is 1. The molecule has 0 unspecified atom stereocenters. The Bertz CT molecular complexity index is 1080. The van der Waals surface area contributed by atoms with Gasteiger partial charge in [-0.1, -0.05) is 6.07 Å². The second kappa shape index (κ2) is 7.50. The zero-order valence-corrected chi connectivity index (χ0v) is 18.8. The van der Waals surface area contributed by atoms with Crippen LogP contribution in [0, 0.1) is 5.41 Å². The third-order valence-electron chi connectivity index (χ3n) is 6.48. The van der Waals surface area contributed by atoms with Crippen LogP contribution in [0.5, 0.6) is 5.75 Å². The normalized spacial score (nSPS) is 24.2. The van der Waals surface area contributed by atoms with Gasteiger partial charge >= 0.3 is 6.09 Å². The van der Waals surface area contributed by atoms with Crippen molar-refractivity contribution < 1.29 is 19.1 Å². The van der Waals surface area contributed by atoms with Crippen molar-refractivity contribution in [3.05, 3.63) is 42.2 Å². The van der Waals surface area contributed by atoms with Gasteiger partial charge in [-0.3, -0.25) is 9.78 Å². The summed E-state index contributed by atoms with van der Waals surface area (Å²) < 4.78 is 11.8. The van der Waals surface area contributed by atoms with Gasteiger partial charge in [0.15, 0.2) is 0 Å². The van der Waals surface area contributed by atoms with Crippen molar-refractivity contribution in [1.29, 1.82) is 0 Å². The molecule has 0 radical (unpaired) electrons. The molecule has 7 nitrogen and oxygen atoms in total. The molecule has 1 aliphatic carbocycles. The first-order valence-electron chi connectivity index (χ1n) is 11.2. The average Bonchev–Trinajstić information content (AvgIpc) is 3.20. The molecule has 2 atom stereocenters. The lowest BCUT2D eigenvalue weighted by Crippen LogP contribution is -2.35. The van der Waals surface area contributed by atoms with Gasteiger partial charge in [0.25, 0.3) is 0 Å². The molecule has 2 aromatic rings. The molecule has 1 aromatic carbocycles. The summed E-state index contributed by atoms with van der Waals surface area (Å²) in [6.45, 7) is 7.05. The van der Waals surface area contributed by atoms with E-state index < -0.39 is 5.60 Å². The lowest BCUT2D eigenvalue weighted by Gasteiger charge is -2.24. The maximum atomic E-state index is 12.4. The van der Waals surface area contributed by atoms with Gasteiger partial charge in [0.05, 0.1) is 6.20 Å². The maximum Gasteiger partial charge on any atom is 0.410 e. The molecular weight excluding hydrogens is 406 g/mol. The molecule has 1 saturated carbocycles. The Morgan fingerprint density at radius 2 is 2.03 bits per heavy atom. The van der Waals surface area contributed by atoms with E-state index in [-0.39, 0.29) is 23.5 Å². The summed E-state index contributed by atoms with van der Waals surface area (Å²) in [6, 6.07) is 8.08. The zero-order valence-electron chi connectivity index (χ0n) is 18.8. The number of carbonyl (C=O) groups is 2. The minimum absolute atomic E-state index is 0.0247. The van der Waals surface area contributed by atoms with E-state index in [0.29, 0.717) is 19.5 Å². The van der Waals surface area contributed by atoms with Crippen LogP contribution in [0.2, 0.25) is 0 Å². The van der Waals surface area contributed by atoms with Crippen molar-refractivity contribution in [2.45, 2.75) is 58.2 Å². The SMILES string of the molecule is CC(C)(C)OC(=O)N1CC[C@]2(C[C@@H]2Oc2cncc(-c3ccc4c(c3)CCC(=O)N4)c2)C1. The number of ether oxygens (including phenoxy) is 2. The molecule has 168 valence electrons. The van der Waals surface area contributed by atoms with Crippen LogP contribution in [0.3, 0.4) is 0 Å². The Morgan fingerprint density at radius 3 is 2.84 bits per heavy atom. The molecule has 1 saturated heterocycles. The second-order valence-electron chi connectivity index (χ2n) is 10.2. The van der Waals surface area contributed by atoms with Gasteiger partial charge in [-0.25, -0.2) is 4.79 Å². The number of rotatable bonds is 3. The van der Waals surface area contributed by atoms with E-state index in [1.165, 1.54) is 0 Å². The molecule has 5 rings (SSSR count). The van der Waals surface area contributed by atoms with Crippen molar-refractivity contribution in [3.63, 3.8) is 0 Å². The van der Waals surface area contributed by atoms with E-state index in [2.05, 4.69) is 16.4 Å². The molecular formula is C25H29N3O4. The monoisotopic (exact) mass is 435 g/mol. The van der Waals surface area contributed by atoms with E-state index in [4.69, 9.17) is 9.47 Å². The van der Waals surface area contributed by atoms with Crippen molar-refractivity contribution in [3.8, 4) is 16.9 Å². The lowest BCUT2D eigenvalue weighted by molar-refractivity contribution is -0.116. The summed E-state index contributed by atoms with van der Waals surface area (Å²) >= 11 is 0. The largest absolute Gasteiger partial charge is 0.488 e. The van der Waals surface area contributed by atoms with Crippen molar-refractivity contribution in [2.24, 2.45) is 5.41 Å². The highest BCUT2D eigenvalue weighted by Crippen LogP contribution is 2.55. The van der Waals surface area contributed by atoms with Crippen LogP contribution in [0.15, 0.2) is 36.7 Å². The molecule has 7 heteroatoms. The minimum atomic E-state index is -0.485. The maximum absolute atomic E-state index is 12.4. The number of hydrogen-bond acceptors (Lipinski definition) is 5. The van der Waals surface area contributed by atoms with Crippen LogP contribution in [-0.4, -0.2) is 46.7 Å². The predicted octanol–water partition coefficient (Wildman–Crippen LogP) is 4.41. The lowest BCUT2D eigenvalue weighted by atomic mass is 9.98. The number of aromatic nitrogens is 1. The summed E-state index contributed by atoms with van der Waals surface area (Å²) in [6.07, 6.45) is 6.56. The quantitative estimate of drug-likeness (QED) is 0.772. The number of benzene rings is 1. The molecule has 2 aliphatic heterocycles. The highest BCUT2D eigenvalue weighted by molar-refractivity contribution is 5.94. The molecule has 0 bridgehead atoms. The Balaban J connectivity index is 1.24. The van der Waals surface area contributed by atoms with E-state index in [0.717, 1.165) is 47.4 Å². The highest BCUT2D eigenvalue weighted by Gasteiger charge is 2.60. The number of likely N-dealkylation sites (tertiary alicyclic amines) is 1. The first-order valence-corrected chi connectivity index (χ1v) is 11.2. The fourth-order valence-corrected chi connectivity index (χ4v) is 4.65. The van der Waals surface area contributed by atoms with Gasteiger partial charge in [0.2, 0.25) is 5.91 Å². The van der Waals surface area contributed by atoms with E-state index in [1.807, 2.05) is 45.2 Å². The van der Waals surface area contributed by atoms with Crippen LogP contribution >= 0.6 is 0 Å². The van der Waals surface area contributed by atoms with Crippen molar-refractivity contribution in [1.82, 2.24) is 9.88 Å². The minimum Gasteiger partial charge on any atom is -0.488 e. The van der Waals surface area contributed by atoms with Crippen molar-refractivity contribution in [2.75, 3.05) is 18.4 Å². The predicted molar refractivity (Wildman–Crippen MR) is 121 cm³/mol. The summed E-state index contributed by atoms with van der Waals surface area (Å²) in [7, 11) is 0. The number of nitrogens with zero attached hydrogens (tertiary/aromatic N) is 2. The van der Waals surface area contributed by atoms with E-state index in [9.17, 15) is 9.59 Å². The molecule has 2 amide bonds. The molecule has 1 aromatic heterocycles. The van der Waals surface area contributed by atoms with Gasteiger partial charge < -0.3 is 19.7 Å². The number of amides is 2. The first kappa shape index (κ1) is 20.8. The number of anilines is 1. The topological polar surface area (TPSA) is 80.8 Å². The molecule has 3 aliphatic rings. The third-order valence-corrected chi connectivity index (χ3v) is 6.48. The number of carbonyl (C=O) groups excluding carboxylic acids is 2. The van der Waals surface area contributed by atoms with Gasteiger partial charge in [-0.2, -0.15) is 0 Å². The van der Waals surface area contributed by atoms with Gasteiger partial charge in [0, 0.05) is 42.4 Å². The Kier molecular flexibility index (Phi) is 4.87. The van der Waals surface area contributed by atoms with Crippen LogP contribution in [0.4, 0.5) is 10.5 Å². The molecule has 32 heavy (non-hydrogen) atoms. The summed E-state index contributed by atoms with van der Waals surface area (Å²) in [5.74, 6) is 0.809. The molecule has 1 spiro atoms. The van der Waals surface area contributed by atoms with Crippen LogP contribution in [0.25, 0.3) is 11.1 Å². The fraction of sp³-hybridized carbons (Fsp3) is 0.480. The molecule has 3 heterocycles. The Hall–Kier alpha value is -3.09. The van der Waals surface area contributed by atoms with E-state index >= 15 is 0 Å². The van der Waals surface area contributed by atoms with Crippen LogP contribution in [-0.2, 0) is 16.0 Å². The summed E-state index contributed by atoms with van der Waals surface area (Å²) in [4.78, 5) is 30.2. The number of aryl methyl sites for hydroxylation is 1. The first-order chi connectivity index (χ1) is 15.2. The number of hydrogen-bond donors (Lipinski definition) is 1. The highest BCUT2D eigenvalue weighted by atomic mass is 16.6. The Morgan fingerprint density at radius 1 is 1.19 bits per heavy atom. The van der Waals surface area contributed by atoms with Gasteiger partial charge in [-0.15, -0.1) is 0 Å². The fourth-order valence-electron chi connectivity index (χ4n) is 4.65. The van der Waals surface area contributed by atoms with Crippen molar-refractivity contribution >= 4 is 17.7 Å². The van der Waals surface area contributed by atoms with Crippen LogP contribution in [0.1, 0.15) is 45.6 Å². The standard InChI is InChI=1S/C25H29N3O4/c1-24(2,3)32-23(30)28-9-8-25(15-28)12-21(25)31-19-11-18(13-26-14-19)16-4-6-20-17(10-16)5-7-22(29)27-20/h4,6,10-11,13-14,21H,5,7-9,12,15H2,1-3H3,(H,27,29)/t21-,25-/m0/s1. The van der Waals surface area contributed by atoms with E-state index in [1.54, 1.807) is 11.1 Å². The zero-order chi connectivity index (χ0) is 22.5. The Labute approximate surface area is 188 Å². The third kappa shape index (κ3) is 4.16. The summed E-state index contributed by atoms with van der Waals surface area (Å²) in [5.41, 5.74) is 3.61. The number of nitrogens with one attached hydrogen (secondary N) is 1. The molecule has 1 N–H and O–H groups in total. The number of fused-ring (bicyclic) bond motifs is 1. The van der Waals surface area contributed by atoms with Gasteiger partial charge in [-0.05, 0) is 69.4 Å². The van der Waals surface area contributed by atoms with Gasteiger partial charge in [0.1, 0.15) is 17.5 Å². The average molecular weight is 436 g/mol. The smallest absolute Gasteiger partial charge is 0.410 e. The van der Waals surface area contributed by atoms with Crippen LogP contribution < -0.4 is 10.1 Å². The summed E-state index contributed by atoms with van der Waals surface area (Å²) in [5, 5.41) is 2.92. The second-order valence-corrected chi connectivity index (χ2v) is 10.2. The molecule has 2 fully saturated rings.